The van der Waals surface area contributed by atoms with Crippen LogP contribution in [0.4, 0.5) is 22.0 Å². The van der Waals surface area contributed by atoms with Crippen LogP contribution in [0.5, 0.6) is 0 Å². The highest BCUT2D eigenvalue weighted by Gasteiger charge is 2.41. The van der Waals surface area contributed by atoms with Gasteiger partial charge in [0, 0.05) is 19.4 Å². The van der Waals surface area contributed by atoms with Gasteiger partial charge in [-0.15, -0.1) is 0 Å². The lowest BCUT2D eigenvalue weighted by Gasteiger charge is -2.19. The second-order valence-corrected chi connectivity index (χ2v) is 6.29. The van der Waals surface area contributed by atoms with E-state index in [1.54, 1.807) is 25.1 Å². The Morgan fingerprint density at radius 2 is 1.93 bits per heavy atom. The van der Waals surface area contributed by atoms with Gasteiger partial charge in [0.05, 0.1) is 24.0 Å². The molecule has 1 amide bonds. The molecular formula is C18H16F5N5O. The molecule has 3 aromatic rings. The van der Waals surface area contributed by atoms with Gasteiger partial charge in [-0.3, -0.25) is 9.36 Å². The molecule has 0 atom stereocenters. The third-order valence-corrected chi connectivity index (χ3v) is 4.30. The first kappa shape index (κ1) is 20.5. The van der Waals surface area contributed by atoms with Gasteiger partial charge in [-0.05, 0) is 18.6 Å². The molecule has 11 heteroatoms. The van der Waals surface area contributed by atoms with E-state index in [2.05, 4.69) is 10.1 Å². The van der Waals surface area contributed by atoms with Crippen molar-refractivity contribution in [2.45, 2.75) is 26.2 Å². The Morgan fingerprint density at radius 1 is 1.24 bits per heavy atom. The monoisotopic (exact) mass is 413 g/mol. The molecule has 0 aliphatic heterocycles. The molecule has 0 saturated carbocycles. The summed E-state index contributed by atoms with van der Waals surface area (Å²) in [6.45, 7) is -1.66. The van der Waals surface area contributed by atoms with Gasteiger partial charge in [0.25, 0.3) is 5.91 Å². The number of aryl methyl sites for hydroxylation is 1. The fourth-order valence-corrected chi connectivity index (χ4v) is 2.90. The molecule has 0 saturated heterocycles. The molecule has 0 aliphatic carbocycles. The number of carbonyl (C=O) groups is 1. The Balaban J connectivity index is 1.99. The van der Waals surface area contributed by atoms with E-state index >= 15 is 0 Å². The fraction of sp³-hybridized carbons (Fsp3) is 0.278. The molecule has 0 fully saturated rings. The summed E-state index contributed by atoms with van der Waals surface area (Å²) in [4.78, 5) is 17.3. The van der Waals surface area contributed by atoms with E-state index < -0.39 is 36.4 Å². The van der Waals surface area contributed by atoms with E-state index in [-0.39, 0.29) is 11.5 Å². The van der Waals surface area contributed by atoms with Gasteiger partial charge in [-0.1, -0.05) is 18.2 Å². The first-order chi connectivity index (χ1) is 13.6. The van der Waals surface area contributed by atoms with Crippen molar-refractivity contribution in [1.29, 1.82) is 0 Å². The van der Waals surface area contributed by atoms with Crippen LogP contribution in [0.3, 0.4) is 0 Å². The van der Waals surface area contributed by atoms with Crippen LogP contribution >= 0.6 is 0 Å². The van der Waals surface area contributed by atoms with Crippen molar-refractivity contribution in [2.75, 3.05) is 7.05 Å². The first-order valence-electron chi connectivity index (χ1n) is 8.37. The van der Waals surface area contributed by atoms with Gasteiger partial charge in [0.2, 0.25) is 0 Å². The molecule has 6 nitrogen and oxygen atoms in total. The van der Waals surface area contributed by atoms with Gasteiger partial charge in [0.15, 0.2) is 5.69 Å². The average Bonchev–Trinajstić information content (AvgIpc) is 3.28. The van der Waals surface area contributed by atoms with Crippen molar-refractivity contribution in [1.82, 2.24) is 24.2 Å². The highest BCUT2D eigenvalue weighted by atomic mass is 19.4. The lowest BCUT2D eigenvalue weighted by Crippen LogP contribution is -2.30. The number of amides is 1. The predicted molar refractivity (Wildman–Crippen MR) is 92.6 cm³/mol. The maximum absolute atomic E-state index is 13.8. The van der Waals surface area contributed by atoms with E-state index in [0.29, 0.717) is 14.8 Å². The number of imidazole rings is 1. The van der Waals surface area contributed by atoms with Crippen LogP contribution < -0.4 is 0 Å². The Labute approximate surface area is 162 Å². The number of aromatic nitrogens is 4. The summed E-state index contributed by atoms with van der Waals surface area (Å²) in [5, 5.41) is 3.77. The Morgan fingerprint density at radius 3 is 2.55 bits per heavy atom. The van der Waals surface area contributed by atoms with E-state index in [9.17, 15) is 26.7 Å². The van der Waals surface area contributed by atoms with Gasteiger partial charge < -0.3 is 4.90 Å². The first-order valence-corrected chi connectivity index (χ1v) is 8.37. The molecule has 0 bridgehead atoms. The van der Waals surface area contributed by atoms with Crippen molar-refractivity contribution < 1.29 is 26.7 Å². The maximum Gasteiger partial charge on any atom is 0.434 e. The summed E-state index contributed by atoms with van der Waals surface area (Å²) in [5.41, 5.74) is -1.21. The average molecular weight is 413 g/mol. The SMILES string of the molecule is Cc1ccccc1-n1ncc(C(=O)N(C)Cc2nccn2C(F)F)c1C(F)(F)F. The van der Waals surface area contributed by atoms with E-state index in [4.69, 9.17) is 0 Å². The Hall–Kier alpha value is -3.24. The lowest BCUT2D eigenvalue weighted by molar-refractivity contribution is -0.143. The molecule has 154 valence electrons. The largest absolute Gasteiger partial charge is 0.434 e. The number of para-hydroxylation sites is 1. The number of benzene rings is 1. The standard InChI is InChI=1S/C18H16F5N5O/c1-11-5-3-4-6-13(11)28-15(18(21,22)23)12(9-25-28)16(29)26(2)10-14-24-7-8-27(14)17(19)20/h3-9,17H,10H2,1-2H3. The molecule has 0 spiro atoms. The van der Waals surface area contributed by atoms with Crippen molar-refractivity contribution in [3.63, 3.8) is 0 Å². The molecule has 3 rings (SSSR count). The number of carbonyl (C=O) groups excluding carboxylic acids is 1. The molecule has 29 heavy (non-hydrogen) atoms. The van der Waals surface area contributed by atoms with Gasteiger partial charge in [-0.25, -0.2) is 9.67 Å². The van der Waals surface area contributed by atoms with Gasteiger partial charge in [-0.2, -0.15) is 27.1 Å². The van der Waals surface area contributed by atoms with Crippen LogP contribution in [0.1, 0.15) is 34.0 Å². The van der Waals surface area contributed by atoms with Gasteiger partial charge in [0.1, 0.15) is 5.82 Å². The Kier molecular flexibility index (Phi) is 5.40. The molecule has 0 unspecified atom stereocenters. The Bertz CT molecular complexity index is 1020. The summed E-state index contributed by atoms with van der Waals surface area (Å²) in [6.07, 6.45) is -1.90. The van der Waals surface area contributed by atoms with Crippen molar-refractivity contribution in [2.24, 2.45) is 0 Å². The topological polar surface area (TPSA) is 56.0 Å². The van der Waals surface area contributed by atoms with Crippen LogP contribution in [0.2, 0.25) is 0 Å². The summed E-state index contributed by atoms with van der Waals surface area (Å²) in [5.74, 6) is -1.17. The molecule has 0 N–H and O–H groups in total. The normalized spacial score (nSPS) is 11.9. The van der Waals surface area contributed by atoms with Crippen LogP contribution in [-0.4, -0.2) is 37.2 Å². The third-order valence-electron chi connectivity index (χ3n) is 4.30. The smallest absolute Gasteiger partial charge is 0.334 e. The number of rotatable bonds is 5. The highest BCUT2D eigenvalue weighted by molar-refractivity contribution is 5.95. The van der Waals surface area contributed by atoms with Crippen LogP contribution in [0, 0.1) is 6.92 Å². The zero-order valence-corrected chi connectivity index (χ0v) is 15.4. The van der Waals surface area contributed by atoms with Crippen LogP contribution in [-0.2, 0) is 12.7 Å². The summed E-state index contributed by atoms with van der Waals surface area (Å²) >= 11 is 0. The van der Waals surface area contributed by atoms with Crippen molar-refractivity contribution in [3.05, 3.63) is 65.5 Å². The minimum absolute atomic E-state index is 0.157. The number of hydrogen-bond donors (Lipinski definition) is 0. The highest BCUT2D eigenvalue weighted by Crippen LogP contribution is 2.34. The van der Waals surface area contributed by atoms with Crippen molar-refractivity contribution >= 4 is 5.91 Å². The van der Waals surface area contributed by atoms with E-state index in [1.807, 2.05) is 0 Å². The van der Waals surface area contributed by atoms with Crippen LogP contribution in [0.15, 0.2) is 42.9 Å². The second-order valence-electron chi connectivity index (χ2n) is 6.29. The second kappa shape index (κ2) is 7.64. The summed E-state index contributed by atoms with van der Waals surface area (Å²) in [6, 6.07) is 6.30. The summed E-state index contributed by atoms with van der Waals surface area (Å²) in [7, 11) is 1.21. The molecule has 1 aromatic carbocycles. The molecule has 2 aromatic heterocycles. The maximum atomic E-state index is 13.8. The van der Waals surface area contributed by atoms with Crippen molar-refractivity contribution in [3.8, 4) is 5.69 Å². The molecule has 0 aliphatic rings. The number of hydrogen-bond acceptors (Lipinski definition) is 3. The quantitative estimate of drug-likeness (QED) is 0.593. The molecule has 2 heterocycles. The van der Waals surface area contributed by atoms with E-state index in [0.717, 1.165) is 23.5 Å². The van der Waals surface area contributed by atoms with Crippen LogP contribution in [0.25, 0.3) is 5.69 Å². The summed E-state index contributed by atoms with van der Waals surface area (Å²) < 4.78 is 68.4. The van der Waals surface area contributed by atoms with Gasteiger partial charge >= 0.3 is 12.7 Å². The minimum Gasteiger partial charge on any atom is -0.334 e. The fourth-order valence-electron chi connectivity index (χ4n) is 2.90. The molecule has 0 radical (unpaired) electrons. The number of halogens is 5. The predicted octanol–water partition coefficient (Wildman–Crippen LogP) is 4.06. The molecular weight excluding hydrogens is 397 g/mol. The zero-order valence-electron chi connectivity index (χ0n) is 15.4. The number of alkyl halides is 5. The minimum atomic E-state index is -4.87. The third kappa shape index (κ3) is 3.98. The van der Waals surface area contributed by atoms with E-state index in [1.165, 1.54) is 13.1 Å². The lowest BCUT2D eigenvalue weighted by atomic mass is 10.1. The zero-order chi connectivity index (χ0) is 21.3. The number of nitrogens with zero attached hydrogens (tertiary/aromatic N) is 5.